The molecule has 148 valence electrons. The average Bonchev–Trinajstić information content (AvgIpc) is 3.40. The molecule has 1 aliphatic carbocycles. The highest BCUT2D eigenvalue weighted by Crippen LogP contribution is 2.67. The number of nitrogens with one attached hydrogen (secondary N) is 1. The first kappa shape index (κ1) is 16.9. The van der Waals surface area contributed by atoms with Gasteiger partial charge in [0.25, 0.3) is 0 Å². The third-order valence-corrected chi connectivity index (χ3v) is 8.03. The van der Waals surface area contributed by atoms with Gasteiger partial charge in [0.2, 0.25) is 0 Å². The van der Waals surface area contributed by atoms with Crippen LogP contribution in [0.5, 0.6) is 5.75 Å². The van der Waals surface area contributed by atoms with E-state index in [4.69, 9.17) is 14.2 Å². The number of ether oxygens (including phenoxy) is 3. The van der Waals surface area contributed by atoms with E-state index in [0.717, 1.165) is 68.1 Å². The van der Waals surface area contributed by atoms with E-state index in [1.165, 1.54) is 12.7 Å². The lowest BCUT2D eigenvalue weighted by atomic mass is 9.53. The Kier molecular flexibility index (Phi) is 3.32. The second-order valence-corrected chi connectivity index (χ2v) is 8.85. The summed E-state index contributed by atoms with van der Waals surface area (Å²) in [6.45, 7) is 2.92. The quantitative estimate of drug-likeness (QED) is 0.793. The highest BCUT2D eigenvalue weighted by Gasteiger charge is 2.70. The summed E-state index contributed by atoms with van der Waals surface area (Å²) in [6, 6.07) is 6.67. The van der Waals surface area contributed by atoms with E-state index in [0.29, 0.717) is 6.04 Å². The van der Waals surface area contributed by atoms with Crippen LogP contribution < -0.4 is 10.1 Å². The topological polar surface area (TPSA) is 60.0 Å². The SMILES string of the molecule is COC(=O)C1=C2Nc3cc(OC)ccc3C23CCN2CCC4OCCC4(C1)C23. The molecule has 2 spiro atoms. The second-order valence-electron chi connectivity index (χ2n) is 8.85. The Morgan fingerprint density at radius 1 is 1.29 bits per heavy atom. The molecule has 0 amide bonds. The summed E-state index contributed by atoms with van der Waals surface area (Å²) < 4.78 is 16.9. The molecule has 4 atom stereocenters. The van der Waals surface area contributed by atoms with Crippen LogP contribution in [0.4, 0.5) is 5.69 Å². The Labute approximate surface area is 164 Å². The van der Waals surface area contributed by atoms with E-state index in [1.807, 2.05) is 6.07 Å². The van der Waals surface area contributed by atoms with Crippen LogP contribution >= 0.6 is 0 Å². The van der Waals surface area contributed by atoms with Crippen molar-refractivity contribution in [2.24, 2.45) is 5.41 Å². The number of carbonyl (C=O) groups excluding carboxylic acids is 1. The maximum Gasteiger partial charge on any atom is 0.335 e. The summed E-state index contributed by atoms with van der Waals surface area (Å²) in [5.74, 6) is 0.626. The van der Waals surface area contributed by atoms with Crippen LogP contribution in [-0.2, 0) is 19.7 Å². The van der Waals surface area contributed by atoms with Crippen molar-refractivity contribution in [1.82, 2.24) is 4.90 Å². The van der Waals surface area contributed by atoms with Crippen LogP contribution in [0.25, 0.3) is 0 Å². The summed E-state index contributed by atoms with van der Waals surface area (Å²) in [7, 11) is 3.18. The Balaban J connectivity index is 1.63. The van der Waals surface area contributed by atoms with Gasteiger partial charge in [-0.05, 0) is 43.9 Å². The van der Waals surface area contributed by atoms with Gasteiger partial charge in [-0.25, -0.2) is 4.79 Å². The average molecular weight is 382 g/mol. The van der Waals surface area contributed by atoms with Gasteiger partial charge in [0.15, 0.2) is 0 Å². The molecule has 1 aromatic rings. The summed E-state index contributed by atoms with van der Waals surface area (Å²) in [6.07, 6.45) is 4.06. The zero-order chi connectivity index (χ0) is 19.1. The highest BCUT2D eigenvalue weighted by atomic mass is 16.5. The molecule has 0 aromatic heterocycles. The summed E-state index contributed by atoms with van der Waals surface area (Å²) in [5.41, 5.74) is 4.04. The zero-order valence-corrected chi connectivity index (χ0v) is 16.4. The molecule has 6 nitrogen and oxygen atoms in total. The molecule has 4 aliphatic heterocycles. The van der Waals surface area contributed by atoms with Crippen LogP contribution in [0.2, 0.25) is 0 Å². The molecule has 3 saturated heterocycles. The van der Waals surface area contributed by atoms with Gasteiger partial charge in [-0.1, -0.05) is 6.07 Å². The van der Waals surface area contributed by atoms with Crippen molar-refractivity contribution >= 4 is 11.7 Å². The fraction of sp³-hybridized carbons (Fsp3) is 0.591. The number of methoxy groups -OCH3 is 2. The third-order valence-electron chi connectivity index (χ3n) is 8.03. The van der Waals surface area contributed by atoms with Gasteiger partial charge in [-0.2, -0.15) is 0 Å². The van der Waals surface area contributed by atoms with Gasteiger partial charge >= 0.3 is 5.97 Å². The van der Waals surface area contributed by atoms with Gasteiger partial charge < -0.3 is 19.5 Å². The molecule has 4 heterocycles. The molecule has 4 unspecified atom stereocenters. The van der Waals surface area contributed by atoms with E-state index in [1.54, 1.807) is 7.11 Å². The number of anilines is 1. The predicted octanol–water partition coefficient (Wildman–Crippen LogP) is 2.44. The molecule has 3 fully saturated rings. The van der Waals surface area contributed by atoms with Crippen LogP contribution in [-0.4, -0.2) is 56.9 Å². The lowest BCUT2D eigenvalue weighted by Crippen LogP contribution is -2.63. The van der Waals surface area contributed by atoms with Crippen LogP contribution in [0.1, 0.15) is 31.2 Å². The molecular formula is C22H26N2O4. The molecule has 6 rings (SSSR count). The van der Waals surface area contributed by atoms with Gasteiger partial charge in [0.1, 0.15) is 5.75 Å². The van der Waals surface area contributed by atoms with Crippen molar-refractivity contribution in [1.29, 1.82) is 0 Å². The van der Waals surface area contributed by atoms with Gasteiger partial charge in [-0.3, -0.25) is 4.90 Å². The summed E-state index contributed by atoms with van der Waals surface area (Å²) >= 11 is 0. The lowest BCUT2D eigenvalue weighted by molar-refractivity contribution is -0.138. The third kappa shape index (κ3) is 1.79. The minimum absolute atomic E-state index is 0.00894. The molecule has 1 aromatic carbocycles. The first-order valence-corrected chi connectivity index (χ1v) is 10.3. The van der Waals surface area contributed by atoms with E-state index < -0.39 is 0 Å². The zero-order valence-electron chi connectivity index (χ0n) is 16.4. The van der Waals surface area contributed by atoms with Crippen molar-refractivity contribution in [3.63, 3.8) is 0 Å². The normalized spacial score (nSPS) is 37.6. The molecule has 0 radical (unpaired) electrons. The fourth-order valence-corrected chi connectivity index (χ4v) is 7.10. The Morgan fingerprint density at radius 3 is 3.00 bits per heavy atom. The number of benzene rings is 1. The molecule has 6 heteroatoms. The standard InChI is InChI=1S/C22H26N2O4/c1-26-13-3-4-15-16(11-13)23-18-14(19(25)27-2)12-21-7-10-28-17(21)5-8-24-9-6-22(15,18)20(21)24/h3-4,11,17,20,23H,5-10,12H2,1-2H3. The second kappa shape index (κ2) is 5.51. The van der Waals surface area contributed by atoms with Crippen molar-refractivity contribution in [3.8, 4) is 5.75 Å². The number of hydrogen-bond donors (Lipinski definition) is 1. The van der Waals surface area contributed by atoms with Crippen molar-refractivity contribution in [2.75, 3.05) is 39.2 Å². The van der Waals surface area contributed by atoms with E-state index in [-0.39, 0.29) is 22.9 Å². The van der Waals surface area contributed by atoms with Crippen molar-refractivity contribution < 1.29 is 19.0 Å². The number of carbonyl (C=O) groups is 1. The molecule has 0 saturated carbocycles. The van der Waals surface area contributed by atoms with Crippen molar-refractivity contribution in [2.45, 2.75) is 43.2 Å². The number of rotatable bonds is 2. The number of nitrogens with zero attached hydrogens (tertiary/aromatic N) is 1. The first-order chi connectivity index (χ1) is 13.6. The van der Waals surface area contributed by atoms with Crippen LogP contribution in [0.3, 0.4) is 0 Å². The smallest absolute Gasteiger partial charge is 0.335 e. The van der Waals surface area contributed by atoms with E-state index >= 15 is 0 Å². The lowest BCUT2D eigenvalue weighted by Gasteiger charge is -2.56. The van der Waals surface area contributed by atoms with Gasteiger partial charge in [-0.15, -0.1) is 0 Å². The molecule has 0 bridgehead atoms. The van der Waals surface area contributed by atoms with Crippen LogP contribution in [0.15, 0.2) is 29.5 Å². The minimum atomic E-state index is -0.204. The van der Waals surface area contributed by atoms with E-state index in [2.05, 4.69) is 22.3 Å². The fourth-order valence-electron chi connectivity index (χ4n) is 7.10. The number of esters is 1. The molecule has 5 aliphatic rings. The molecule has 28 heavy (non-hydrogen) atoms. The van der Waals surface area contributed by atoms with E-state index in [9.17, 15) is 4.79 Å². The first-order valence-electron chi connectivity index (χ1n) is 10.3. The Morgan fingerprint density at radius 2 is 2.18 bits per heavy atom. The number of piperidine rings is 1. The Bertz CT molecular complexity index is 912. The van der Waals surface area contributed by atoms with Crippen LogP contribution in [0, 0.1) is 5.41 Å². The van der Waals surface area contributed by atoms with Gasteiger partial charge in [0, 0.05) is 42.1 Å². The minimum Gasteiger partial charge on any atom is -0.497 e. The summed E-state index contributed by atoms with van der Waals surface area (Å²) in [4.78, 5) is 15.6. The van der Waals surface area contributed by atoms with Gasteiger partial charge in [0.05, 0.1) is 31.3 Å². The number of fused-ring (bicyclic) bond motifs is 1. The summed E-state index contributed by atoms with van der Waals surface area (Å²) in [5, 5.41) is 3.64. The monoisotopic (exact) mass is 382 g/mol. The predicted molar refractivity (Wildman–Crippen MR) is 103 cm³/mol. The largest absolute Gasteiger partial charge is 0.497 e. The maximum absolute atomic E-state index is 12.9. The Hall–Kier alpha value is -2.05. The molecular weight excluding hydrogens is 356 g/mol. The number of hydrogen-bond acceptors (Lipinski definition) is 6. The molecule has 1 N–H and O–H groups in total. The maximum atomic E-state index is 12.9. The highest BCUT2D eigenvalue weighted by molar-refractivity contribution is 5.93. The van der Waals surface area contributed by atoms with Crippen molar-refractivity contribution in [3.05, 3.63) is 35.0 Å².